The number of anilines is 1. The monoisotopic (exact) mass is 391 g/mol. The molecule has 138 valence electrons. The van der Waals surface area contributed by atoms with Gasteiger partial charge in [0.25, 0.3) is 15.9 Å². The van der Waals surface area contributed by atoms with Crippen LogP contribution < -0.4 is 10.0 Å². The predicted molar refractivity (Wildman–Crippen MR) is 105 cm³/mol. The number of thiophene rings is 1. The molecule has 0 bridgehead atoms. The van der Waals surface area contributed by atoms with Crippen molar-refractivity contribution < 1.29 is 13.2 Å². The molecule has 1 aliphatic heterocycles. The summed E-state index contributed by atoms with van der Waals surface area (Å²) in [4.78, 5) is 17.3. The molecule has 2 aromatic rings. The highest BCUT2D eigenvalue weighted by atomic mass is 32.2. The molecule has 2 N–H and O–H groups in total. The highest BCUT2D eigenvalue weighted by molar-refractivity contribution is 7.90. The molecule has 0 spiro atoms. The molecule has 6 nitrogen and oxygen atoms in total. The molecule has 2 heterocycles. The van der Waals surface area contributed by atoms with Crippen molar-refractivity contribution in [1.82, 2.24) is 4.72 Å². The first-order valence-electron chi connectivity index (χ1n) is 8.47. The van der Waals surface area contributed by atoms with Crippen LogP contribution >= 0.6 is 11.3 Å². The number of aliphatic imine (C=N–C) groups is 1. The van der Waals surface area contributed by atoms with Crippen LogP contribution in [0.25, 0.3) is 0 Å². The van der Waals surface area contributed by atoms with Gasteiger partial charge in [0, 0.05) is 18.7 Å². The third kappa shape index (κ3) is 4.50. The molecule has 0 aliphatic carbocycles. The van der Waals surface area contributed by atoms with Crippen molar-refractivity contribution in [3.05, 3.63) is 46.2 Å². The second kappa shape index (κ2) is 8.01. The predicted octanol–water partition coefficient (Wildman–Crippen LogP) is 3.56. The molecule has 26 heavy (non-hydrogen) atoms. The number of nitrogens with zero attached hydrogens (tertiary/aromatic N) is 1. The maximum absolute atomic E-state index is 12.5. The van der Waals surface area contributed by atoms with Crippen molar-refractivity contribution in [2.75, 3.05) is 11.9 Å². The normalized spacial score (nSPS) is 15.0. The molecule has 1 amide bonds. The first-order chi connectivity index (χ1) is 12.5. The van der Waals surface area contributed by atoms with Crippen molar-refractivity contribution >= 4 is 38.8 Å². The number of carbonyl (C=O) groups excluding carboxylic acids is 1. The maximum atomic E-state index is 12.5. The zero-order chi connectivity index (χ0) is 18.6. The van der Waals surface area contributed by atoms with E-state index in [0.717, 1.165) is 24.8 Å². The molecular formula is C18H21N3O3S2. The van der Waals surface area contributed by atoms with Crippen molar-refractivity contribution in [3.63, 3.8) is 0 Å². The Morgan fingerprint density at radius 2 is 1.88 bits per heavy atom. The van der Waals surface area contributed by atoms with Gasteiger partial charge in [-0.2, -0.15) is 0 Å². The first-order valence-corrected chi connectivity index (χ1v) is 10.8. The Morgan fingerprint density at radius 1 is 1.12 bits per heavy atom. The van der Waals surface area contributed by atoms with Crippen molar-refractivity contribution in [3.8, 4) is 0 Å². The van der Waals surface area contributed by atoms with Gasteiger partial charge in [-0.1, -0.05) is 6.42 Å². The van der Waals surface area contributed by atoms with E-state index >= 15 is 0 Å². The number of sulfonamides is 1. The summed E-state index contributed by atoms with van der Waals surface area (Å²) in [5.41, 5.74) is 1.47. The number of hydrogen-bond acceptors (Lipinski definition) is 5. The number of carbonyl (C=O) groups is 1. The Kier molecular flexibility index (Phi) is 5.73. The molecule has 0 saturated carbocycles. The summed E-state index contributed by atoms with van der Waals surface area (Å²) < 4.78 is 27.6. The summed E-state index contributed by atoms with van der Waals surface area (Å²) in [7, 11) is -3.66. The molecule has 1 aliphatic rings. The fourth-order valence-corrected chi connectivity index (χ4v) is 4.59. The third-order valence-corrected chi connectivity index (χ3v) is 6.53. The summed E-state index contributed by atoms with van der Waals surface area (Å²) in [6, 6.07) is 8.03. The van der Waals surface area contributed by atoms with Gasteiger partial charge in [0.1, 0.15) is 5.84 Å². The van der Waals surface area contributed by atoms with Crippen LogP contribution in [0.5, 0.6) is 0 Å². The molecule has 1 aromatic heterocycles. The van der Waals surface area contributed by atoms with Crippen LogP contribution in [-0.4, -0.2) is 26.7 Å². The fourth-order valence-electron chi connectivity index (χ4n) is 2.68. The van der Waals surface area contributed by atoms with Crippen LogP contribution in [0.1, 0.15) is 40.9 Å². The Labute approximate surface area is 157 Å². The lowest BCUT2D eigenvalue weighted by atomic mass is 10.2. The SMILES string of the molecule is Cc1ccsc1C(=O)Nc1ccc(S(=O)(=O)NC2=NCCCCC2)cc1. The molecule has 1 aromatic carbocycles. The number of aryl methyl sites for hydroxylation is 1. The molecule has 0 radical (unpaired) electrons. The van der Waals surface area contributed by atoms with Gasteiger partial charge >= 0.3 is 0 Å². The number of benzene rings is 1. The Morgan fingerprint density at radius 3 is 2.58 bits per heavy atom. The average molecular weight is 392 g/mol. The maximum Gasteiger partial charge on any atom is 0.265 e. The van der Waals surface area contributed by atoms with Crippen molar-refractivity contribution in [2.45, 2.75) is 37.5 Å². The number of rotatable bonds is 4. The summed E-state index contributed by atoms with van der Waals surface area (Å²) in [5.74, 6) is 0.326. The van der Waals surface area contributed by atoms with Crippen molar-refractivity contribution in [1.29, 1.82) is 0 Å². The lowest BCUT2D eigenvalue weighted by molar-refractivity contribution is 0.103. The zero-order valence-electron chi connectivity index (χ0n) is 14.5. The molecular weight excluding hydrogens is 370 g/mol. The molecule has 0 fully saturated rings. The highest BCUT2D eigenvalue weighted by Gasteiger charge is 2.17. The topological polar surface area (TPSA) is 87.6 Å². The minimum Gasteiger partial charge on any atom is -0.321 e. The third-order valence-electron chi connectivity index (χ3n) is 4.12. The van der Waals surface area contributed by atoms with Crippen LogP contribution in [0.2, 0.25) is 0 Å². The van der Waals surface area contributed by atoms with E-state index < -0.39 is 10.0 Å². The van der Waals surface area contributed by atoms with Gasteiger partial charge in [-0.05, 0) is 61.0 Å². The Hall–Kier alpha value is -2.19. The molecule has 0 atom stereocenters. The van der Waals surface area contributed by atoms with Crippen LogP contribution in [-0.2, 0) is 10.0 Å². The van der Waals surface area contributed by atoms with E-state index in [1.807, 2.05) is 18.4 Å². The van der Waals surface area contributed by atoms with E-state index in [1.54, 1.807) is 12.1 Å². The number of amidine groups is 1. The van der Waals surface area contributed by atoms with E-state index in [-0.39, 0.29) is 10.8 Å². The second-order valence-corrected chi connectivity index (χ2v) is 8.75. The van der Waals surface area contributed by atoms with Crippen LogP contribution in [0.4, 0.5) is 5.69 Å². The number of hydrogen-bond donors (Lipinski definition) is 2. The van der Waals surface area contributed by atoms with Gasteiger partial charge in [-0.25, -0.2) is 8.42 Å². The van der Waals surface area contributed by atoms with E-state index in [9.17, 15) is 13.2 Å². The van der Waals surface area contributed by atoms with Gasteiger partial charge in [-0.15, -0.1) is 11.3 Å². The number of nitrogens with one attached hydrogen (secondary N) is 2. The van der Waals surface area contributed by atoms with E-state index in [2.05, 4.69) is 15.0 Å². The fraction of sp³-hybridized carbons (Fsp3) is 0.333. The standard InChI is InChI=1S/C18H21N3O3S2/c1-13-10-12-25-17(13)18(22)20-14-6-8-15(9-7-14)26(23,24)21-16-5-3-2-4-11-19-16/h6-10,12H,2-5,11H2,1H3,(H,19,21)(H,20,22). The lowest BCUT2D eigenvalue weighted by Gasteiger charge is -2.10. The minimum atomic E-state index is -3.66. The van der Waals surface area contributed by atoms with Crippen LogP contribution in [0, 0.1) is 6.92 Å². The number of amides is 1. The van der Waals surface area contributed by atoms with Gasteiger partial charge in [0.05, 0.1) is 9.77 Å². The molecule has 8 heteroatoms. The molecule has 0 unspecified atom stereocenters. The second-order valence-electron chi connectivity index (χ2n) is 6.16. The largest absolute Gasteiger partial charge is 0.321 e. The van der Waals surface area contributed by atoms with E-state index in [4.69, 9.17) is 0 Å². The summed E-state index contributed by atoms with van der Waals surface area (Å²) in [6.07, 6.45) is 3.64. The Bertz CT molecular complexity index is 915. The minimum absolute atomic E-state index is 0.148. The van der Waals surface area contributed by atoms with E-state index in [1.165, 1.54) is 23.5 Å². The van der Waals surface area contributed by atoms with E-state index in [0.29, 0.717) is 29.4 Å². The highest BCUT2D eigenvalue weighted by Crippen LogP contribution is 2.19. The smallest absolute Gasteiger partial charge is 0.265 e. The van der Waals surface area contributed by atoms with Crippen molar-refractivity contribution in [2.24, 2.45) is 4.99 Å². The molecule has 3 rings (SSSR count). The summed E-state index contributed by atoms with van der Waals surface area (Å²) >= 11 is 1.37. The first kappa shape index (κ1) is 18.6. The Balaban J connectivity index is 1.69. The summed E-state index contributed by atoms with van der Waals surface area (Å²) in [5, 5.41) is 4.65. The average Bonchev–Trinajstić information content (AvgIpc) is 2.88. The molecule has 0 saturated heterocycles. The van der Waals surface area contributed by atoms with Gasteiger partial charge in [-0.3, -0.25) is 14.5 Å². The van der Waals surface area contributed by atoms with Gasteiger partial charge in [0.15, 0.2) is 0 Å². The quantitative estimate of drug-likeness (QED) is 0.835. The summed E-state index contributed by atoms with van der Waals surface area (Å²) in [6.45, 7) is 2.54. The lowest BCUT2D eigenvalue weighted by Crippen LogP contribution is -2.30. The van der Waals surface area contributed by atoms with Gasteiger partial charge in [0.2, 0.25) is 0 Å². The van der Waals surface area contributed by atoms with Crippen LogP contribution in [0.3, 0.4) is 0 Å². The zero-order valence-corrected chi connectivity index (χ0v) is 16.1. The van der Waals surface area contributed by atoms with Crippen LogP contribution in [0.15, 0.2) is 45.6 Å². The van der Waals surface area contributed by atoms with Gasteiger partial charge < -0.3 is 5.32 Å².